The van der Waals surface area contributed by atoms with Gasteiger partial charge in [-0.3, -0.25) is 4.79 Å². The summed E-state index contributed by atoms with van der Waals surface area (Å²) >= 11 is 1.34. The lowest BCUT2D eigenvalue weighted by Crippen LogP contribution is -2.14. The second-order valence-electron chi connectivity index (χ2n) is 6.03. The third-order valence-electron chi connectivity index (χ3n) is 3.97. The molecule has 2 heterocycles. The molecule has 8 heteroatoms. The molecule has 0 fully saturated rings. The molecule has 1 aromatic carbocycles. The molecule has 2 aromatic heterocycles. The highest BCUT2D eigenvalue weighted by molar-refractivity contribution is 7.16. The quantitative estimate of drug-likeness (QED) is 0.658. The van der Waals surface area contributed by atoms with Gasteiger partial charge in [0.15, 0.2) is 6.10 Å². The monoisotopic (exact) mass is 385 g/mol. The highest BCUT2D eigenvalue weighted by Gasteiger charge is 2.25. The fraction of sp³-hybridized carbons (Fsp3) is 0.263. The molecule has 1 N–H and O–H groups in total. The van der Waals surface area contributed by atoms with E-state index in [0.717, 1.165) is 16.0 Å². The first-order chi connectivity index (χ1) is 12.9. The fourth-order valence-electron chi connectivity index (χ4n) is 2.49. The van der Waals surface area contributed by atoms with Crippen molar-refractivity contribution in [3.8, 4) is 11.5 Å². The van der Waals surface area contributed by atoms with Crippen molar-refractivity contribution in [2.24, 2.45) is 0 Å². The van der Waals surface area contributed by atoms with Crippen LogP contribution < -0.4 is 5.32 Å². The predicted molar refractivity (Wildman–Crippen MR) is 102 cm³/mol. The number of rotatable bonds is 5. The Morgan fingerprint density at radius 2 is 1.89 bits per heavy atom. The Kier molecular flexibility index (Phi) is 5.36. The molecule has 0 saturated carbocycles. The summed E-state index contributed by atoms with van der Waals surface area (Å²) < 4.78 is 11.1. The van der Waals surface area contributed by atoms with Crippen molar-refractivity contribution in [2.45, 2.75) is 33.8 Å². The average Bonchev–Trinajstić information content (AvgIpc) is 3.21. The number of benzene rings is 1. The number of hydrogen-bond donors (Lipinski definition) is 1. The number of aromatic nitrogens is 2. The second-order valence-corrected chi connectivity index (χ2v) is 7.25. The molecule has 0 aliphatic heterocycles. The molecule has 1 atom stereocenters. The summed E-state index contributed by atoms with van der Waals surface area (Å²) in [7, 11) is 0. The molecule has 0 spiro atoms. The molecule has 0 saturated heterocycles. The summed E-state index contributed by atoms with van der Waals surface area (Å²) in [4.78, 5) is 25.0. The van der Waals surface area contributed by atoms with Crippen molar-refractivity contribution < 1.29 is 18.7 Å². The zero-order chi connectivity index (χ0) is 19.6. The first-order valence-corrected chi connectivity index (χ1v) is 9.15. The Morgan fingerprint density at radius 3 is 2.56 bits per heavy atom. The summed E-state index contributed by atoms with van der Waals surface area (Å²) in [6.45, 7) is 6.76. The third kappa shape index (κ3) is 4.06. The van der Waals surface area contributed by atoms with Crippen molar-refractivity contribution in [3.05, 3.63) is 52.2 Å². The Morgan fingerprint density at radius 1 is 1.19 bits per heavy atom. The van der Waals surface area contributed by atoms with Gasteiger partial charge in [0.2, 0.25) is 11.8 Å². The van der Waals surface area contributed by atoms with E-state index < -0.39 is 12.1 Å². The van der Waals surface area contributed by atoms with E-state index in [1.807, 2.05) is 44.2 Å². The van der Waals surface area contributed by atoms with Gasteiger partial charge < -0.3 is 14.5 Å². The van der Waals surface area contributed by atoms with Crippen LogP contribution in [0.15, 0.2) is 34.7 Å². The molecule has 0 aliphatic carbocycles. The van der Waals surface area contributed by atoms with Crippen LogP contribution in [0.5, 0.6) is 0 Å². The number of amides is 1. The zero-order valence-electron chi connectivity index (χ0n) is 15.4. The van der Waals surface area contributed by atoms with Crippen LogP contribution in [-0.2, 0) is 9.53 Å². The molecule has 7 nitrogen and oxygen atoms in total. The van der Waals surface area contributed by atoms with E-state index >= 15 is 0 Å². The number of esters is 1. The van der Waals surface area contributed by atoms with Crippen LogP contribution in [0.25, 0.3) is 11.5 Å². The van der Waals surface area contributed by atoms with Crippen molar-refractivity contribution in [2.75, 3.05) is 5.32 Å². The largest absolute Gasteiger partial charge is 0.449 e. The first-order valence-electron chi connectivity index (χ1n) is 8.34. The van der Waals surface area contributed by atoms with Gasteiger partial charge in [-0.2, -0.15) is 0 Å². The summed E-state index contributed by atoms with van der Waals surface area (Å²) in [5.74, 6) is -0.238. The van der Waals surface area contributed by atoms with E-state index in [1.54, 1.807) is 6.92 Å². The van der Waals surface area contributed by atoms with E-state index in [9.17, 15) is 9.59 Å². The van der Waals surface area contributed by atoms with Crippen LogP contribution in [0.2, 0.25) is 0 Å². The minimum Gasteiger partial charge on any atom is -0.449 e. The normalized spacial score (nSPS) is 11.9. The lowest BCUT2D eigenvalue weighted by molar-refractivity contribution is -0.114. The van der Waals surface area contributed by atoms with E-state index in [-0.39, 0.29) is 11.8 Å². The molecule has 3 aromatic rings. The maximum atomic E-state index is 12.7. The number of hydrogen-bond acceptors (Lipinski definition) is 7. The van der Waals surface area contributed by atoms with Crippen LogP contribution in [-0.4, -0.2) is 22.1 Å². The summed E-state index contributed by atoms with van der Waals surface area (Å²) in [6, 6.07) is 9.33. The predicted octanol–water partition coefficient (Wildman–Crippen LogP) is 4.29. The number of carbonyl (C=O) groups is 2. The molecule has 0 aliphatic rings. The number of nitrogens with one attached hydrogen (secondary N) is 1. The minimum atomic E-state index is -0.729. The Labute approximate surface area is 160 Å². The molecule has 0 unspecified atom stereocenters. The number of ether oxygens (including phenoxy) is 1. The molecular weight excluding hydrogens is 366 g/mol. The van der Waals surface area contributed by atoms with Crippen molar-refractivity contribution in [1.29, 1.82) is 0 Å². The maximum absolute atomic E-state index is 12.7. The van der Waals surface area contributed by atoms with Gasteiger partial charge in [-0.25, -0.2) is 4.79 Å². The van der Waals surface area contributed by atoms with Gasteiger partial charge in [-0.1, -0.05) is 18.2 Å². The topological polar surface area (TPSA) is 94.3 Å². The number of anilines is 1. The molecule has 0 radical (unpaired) electrons. The van der Waals surface area contributed by atoms with Crippen LogP contribution in [0.4, 0.5) is 5.00 Å². The Hall–Kier alpha value is -3.00. The van der Waals surface area contributed by atoms with E-state index in [1.165, 1.54) is 18.3 Å². The SMILES string of the molecule is CC(=O)Nc1sc(C)c(C)c1C(=O)O[C@@H](C)c1nnc(-c2ccccc2)o1. The first kappa shape index (κ1) is 18.8. The van der Waals surface area contributed by atoms with Gasteiger partial charge in [-0.05, 0) is 38.5 Å². The highest BCUT2D eigenvalue weighted by atomic mass is 32.1. The Balaban J connectivity index is 1.79. The number of thiophene rings is 1. The van der Waals surface area contributed by atoms with Gasteiger partial charge in [-0.15, -0.1) is 21.5 Å². The minimum absolute atomic E-state index is 0.202. The third-order valence-corrected chi connectivity index (χ3v) is 5.09. The number of nitrogens with zero attached hydrogens (tertiary/aromatic N) is 2. The second kappa shape index (κ2) is 7.71. The number of carbonyl (C=O) groups excluding carboxylic acids is 2. The Bertz CT molecular complexity index is 978. The van der Waals surface area contributed by atoms with E-state index in [0.29, 0.717) is 16.5 Å². The zero-order valence-corrected chi connectivity index (χ0v) is 16.2. The summed E-state index contributed by atoms with van der Waals surface area (Å²) in [5.41, 5.74) is 1.91. The smallest absolute Gasteiger partial charge is 0.342 e. The van der Waals surface area contributed by atoms with Crippen LogP contribution in [0.3, 0.4) is 0 Å². The van der Waals surface area contributed by atoms with Crippen LogP contribution >= 0.6 is 11.3 Å². The average molecular weight is 385 g/mol. The molecule has 0 bridgehead atoms. The standard InChI is InChI=1S/C19H19N3O4S/c1-10-12(3)27-18(20-13(4)23)15(10)19(24)25-11(2)16-21-22-17(26-16)14-8-6-5-7-9-14/h5-9,11H,1-4H3,(H,20,23)/t11-/m0/s1. The van der Waals surface area contributed by atoms with Crippen molar-refractivity contribution >= 4 is 28.2 Å². The van der Waals surface area contributed by atoms with Crippen LogP contribution in [0.1, 0.15) is 46.6 Å². The van der Waals surface area contributed by atoms with Crippen molar-refractivity contribution in [3.63, 3.8) is 0 Å². The summed E-state index contributed by atoms with van der Waals surface area (Å²) in [5, 5.41) is 11.1. The lowest BCUT2D eigenvalue weighted by atomic mass is 10.1. The molecular formula is C19H19N3O4S. The van der Waals surface area contributed by atoms with Gasteiger partial charge in [0.05, 0.1) is 5.56 Å². The lowest BCUT2D eigenvalue weighted by Gasteiger charge is -2.11. The highest BCUT2D eigenvalue weighted by Crippen LogP contribution is 2.34. The number of aryl methyl sites for hydroxylation is 1. The molecule has 3 rings (SSSR count). The van der Waals surface area contributed by atoms with Gasteiger partial charge in [0, 0.05) is 17.4 Å². The van der Waals surface area contributed by atoms with Gasteiger partial charge in [0.1, 0.15) is 5.00 Å². The molecule has 27 heavy (non-hydrogen) atoms. The van der Waals surface area contributed by atoms with Crippen molar-refractivity contribution in [1.82, 2.24) is 10.2 Å². The maximum Gasteiger partial charge on any atom is 0.342 e. The van der Waals surface area contributed by atoms with Gasteiger partial charge in [0.25, 0.3) is 5.89 Å². The molecule has 1 amide bonds. The van der Waals surface area contributed by atoms with E-state index in [4.69, 9.17) is 9.15 Å². The van der Waals surface area contributed by atoms with E-state index in [2.05, 4.69) is 15.5 Å². The van der Waals surface area contributed by atoms with Crippen LogP contribution in [0, 0.1) is 13.8 Å². The van der Waals surface area contributed by atoms with Gasteiger partial charge >= 0.3 is 5.97 Å². The molecule has 140 valence electrons. The fourth-order valence-corrected chi connectivity index (χ4v) is 3.58. The summed E-state index contributed by atoms with van der Waals surface area (Å²) in [6.07, 6.45) is -0.729.